The zero-order valence-electron chi connectivity index (χ0n) is 12.4. The molecule has 1 fully saturated rings. The van der Waals surface area contributed by atoms with Crippen LogP contribution < -0.4 is 4.90 Å². The van der Waals surface area contributed by atoms with Crippen LogP contribution >= 0.6 is 0 Å². The van der Waals surface area contributed by atoms with Crippen LogP contribution in [0.5, 0.6) is 0 Å². The Kier molecular flexibility index (Phi) is 4.46. The maximum absolute atomic E-state index is 10.2. The molecule has 19 heavy (non-hydrogen) atoms. The second-order valence-corrected chi connectivity index (χ2v) is 5.82. The number of hydrogen-bond acceptors (Lipinski definition) is 3. The first-order valence-electron chi connectivity index (χ1n) is 7.51. The number of anilines is 1. The molecule has 3 heteroatoms. The van der Waals surface area contributed by atoms with Crippen LogP contribution in [0.25, 0.3) is 0 Å². The predicted molar refractivity (Wildman–Crippen MR) is 79.6 cm³/mol. The molecule has 2 heterocycles. The first kappa shape index (κ1) is 14.3. The third-order valence-corrected chi connectivity index (χ3v) is 4.63. The van der Waals surface area contributed by atoms with Gasteiger partial charge in [-0.2, -0.15) is 0 Å². The van der Waals surface area contributed by atoms with Gasteiger partial charge in [-0.1, -0.05) is 26.8 Å². The molecule has 0 aliphatic carbocycles. The summed E-state index contributed by atoms with van der Waals surface area (Å²) in [6, 6.07) is 4.31. The molecule has 1 aliphatic heterocycles. The summed E-state index contributed by atoms with van der Waals surface area (Å²) in [5.41, 5.74) is 0.862. The summed E-state index contributed by atoms with van der Waals surface area (Å²) in [4.78, 5) is 6.87. The second-order valence-electron chi connectivity index (χ2n) is 5.82. The van der Waals surface area contributed by atoms with Crippen LogP contribution in [0.2, 0.25) is 0 Å². The van der Waals surface area contributed by atoms with Gasteiger partial charge in [0.25, 0.3) is 0 Å². The van der Waals surface area contributed by atoms with Gasteiger partial charge in [0.05, 0.1) is 5.60 Å². The van der Waals surface area contributed by atoms with E-state index in [0.29, 0.717) is 5.92 Å². The Hall–Kier alpha value is -1.09. The lowest BCUT2D eigenvalue weighted by Crippen LogP contribution is -2.44. The Morgan fingerprint density at radius 1 is 1.32 bits per heavy atom. The van der Waals surface area contributed by atoms with Crippen LogP contribution in [0.4, 0.5) is 5.82 Å². The number of aliphatic hydroxyl groups is 1. The van der Waals surface area contributed by atoms with Crippen LogP contribution in [0, 0.1) is 0 Å². The van der Waals surface area contributed by atoms with Crippen molar-refractivity contribution in [3.8, 4) is 0 Å². The zero-order chi connectivity index (χ0) is 13.9. The van der Waals surface area contributed by atoms with E-state index in [-0.39, 0.29) is 0 Å². The summed E-state index contributed by atoms with van der Waals surface area (Å²) in [6.07, 6.45) is 5.69. The van der Waals surface area contributed by atoms with Gasteiger partial charge in [0.15, 0.2) is 0 Å². The SMILES string of the molecule is CCC(C)c1ccc(N2CCC(O)(CC)CC2)nc1. The van der Waals surface area contributed by atoms with Gasteiger partial charge in [-0.05, 0) is 43.2 Å². The highest BCUT2D eigenvalue weighted by Gasteiger charge is 2.30. The van der Waals surface area contributed by atoms with E-state index in [2.05, 4.69) is 42.8 Å². The van der Waals surface area contributed by atoms with Crippen molar-refractivity contribution in [3.05, 3.63) is 23.9 Å². The third kappa shape index (κ3) is 3.27. The van der Waals surface area contributed by atoms with E-state index in [1.807, 2.05) is 6.20 Å². The quantitative estimate of drug-likeness (QED) is 0.904. The minimum atomic E-state index is -0.451. The maximum Gasteiger partial charge on any atom is 0.128 e. The summed E-state index contributed by atoms with van der Waals surface area (Å²) < 4.78 is 0. The van der Waals surface area contributed by atoms with Crippen LogP contribution in [-0.2, 0) is 0 Å². The molecule has 0 bridgehead atoms. The van der Waals surface area contributed by atoms with Gasteiger partial charge in [-0.25, -0.2) is 4.98 Å². The van der Waals surface area contributed by atoms with Crippen LogP contribution in [-0.4, -0.2) is 28.8 Å². The van der Waals surface area contributed by atoms with Crippen LogP contribution in [0.3, 0.4) is 0 Å². The highest BCUT2D eigenvalue weighted by atomic mass is 16.3. The van der Waals surface area contributed by atoms with Gasteiger partial charge >= 0.3 is 0 Å². The third-order valence-electron chi connectivity index (χ3n) is 4.63. The summed E-state index contributed by atoms with van der Waals surface area (Å²) >= 11 is 0. The molecule has 1 aromatic rings. The van der Waals surface area contributed by atoms with Gasteiger partial charge in [0.1, 0.15) is 5.82 Å². The highest BCUT2D eigenvalue weighted by Crippen LogP contribution is 2.28. The average molecular weight is 262 g/mol. The number of hydrogen-bond donors (Lipinski definition) is 1. The fourth-order valence-corrected chi connectivity index (χ4v) is 2.62. The molecule has 106 valence electrons. The molecule has 1 unspecified atom stereocenters. The Morgan fingerprint density at radius 3 is 2.47 bits per heavy atom. The van der Waals surface area contributed by atoms with Crippen molar-refractivity contribution >= 4 is 5.82 Å². The highest BCUT2D eigenvalue weighted by molar-refractivity contribution is 5.40. The summed E-state index contributed by atoms with van der Waals surface area (Å²) in [7, 11) is 0. The van der Waals surface area contributed by atoms with Crippen molar-refractivity contribution < 1.29 is 5.11 Å². The monoisotopic (exact) mass is 262 g/mol. The van der Waals surface area contributed by atoms with E-state index in [4.69, 9.17) is 0 Å². The van der Waals surface area contributed by atoms with E-state index in [9.17, 15) is 5.11 Å². The van der Waals surface area contributed by atoms with E-state index in [1.54, 1.807) is 0 Å². The molecule has 0 saturated carbocycles. The van der Waals surface area contributed by atoms with Crippen LogP contribution in [0.15, 0.2) is 18.3 Å². The van der Waals surface area contributed by atoms with E-state index in [0.717, 1.165) is 44.6 Å². The van der Waals surface area contributed by atoms with Crippen molar-refractivity contribution in [3.63, 3.8) is 0 Å². The van der Waals surface area contributed by atoms with Gasteiger partial charge < -0.3 is 10.0 Å². The minimum Gasteiger partial charge on any atom is -0.390 e. The number of pyridine rings is 1. The molecule has 1 atom stereocenters. The fraction of sp³-hybridized carbons (Fsp3) is 0.688. The number of nitrogens with zero attached hydrogens (tertiary/aromatic N) is 2. The standard InChI is InChI=1S/C16H26N2O/c1-4-13(3)14-6-7-15(17-12-14)18-10-8-16(19,5-2)9-11-18/h6-7,12-13,19H,4-5,8-11H2,1-3H3. The normalized spacial score (nSPS) is 20.3. The molecule has 1 aliphatic rings. The fourth-order valence-electron chi connectivity index (χ4n) is 2.62. The molecule has 1 aromatic heterocycles. The molecule has 0 radical (unpaired) electrons. The summed E-state index contributed by atoms with van der Waals surface area (Å²) in [5.74, 6) is 1.62. The van der Waals surface area contributed by atoms with E-state index < -0.39 is 5.60 Å². The van der Waals surface area contributed by atoms with Crippen molar-refractivity contribution in [2.45, 2.75) is 58.0 Å². The van der Waals surface area contributed by atoms with E-state index in [1.165, 1.54) is 5.56 Å². The lowest BCUT2D eigenvalue weighted by molar-refractivity contribution is 0.0125. The van der Waals surface area contributed by atoms with Gasteiger partial charge in [-0.15, -0.1) is 0 Å². The summed E-state index contributed by atoms with van der Waals surface area (Å²) in [6.45, 7) is 8.31. The average Bonchev–Trinajstić information content (AvgIpc) is 2.47. The molecule has 1 saturated heterocycles. The van der Waals surface area contributed by atoms with Gasteiger partial charge in [0, 0.05) is 19.3 Å². The molecule has 0 spiro atoms. The van der Waals surface area contributed by atoms with Crippen LogP contribution in [0.1, 0.15) is 57.9 Å². The second kappa shape index (κ2) is 5.91. The van der Waals surface area contributed by atoms with Crippen molar-refractivity contribution in [1.29, 1.82) is 0 Å². The molecule has 0 aromatic carbocycles. The number of aromatic nitrogens is 1. The predicted octanol–water partition coefficient (Wildman–Crippen LogP) is 3.34. The first-order chi connectivity index (χ1) is 9.08. The van der Waals surface area contributed by atoms with Gasteiger partial charge in [-0.3, -0.25) is 0 Å². The Labute approximate surface area is 116 Å². The Balaban J connectivity index is 2.00. The molecule has 1 N–H and O–H groups in total. The Morgan fingerprint density at radius 2 is 2.00 bits per heavy atom. The lowest BCUT2D eigenvalue weighted by atomic mass is 9.89. The first-order valence-corrected chi connectivity index (χ1v) is 7.51. The Bertz CT molecular complexity index is 394. The summed E-state index contributed by atoms with van der Waals surface area (Å²) in [5, 5.41) is 10.2. The topological polar surface area (TPSA) is 36.4 Å². The molecule has 3 nitrogen and oxygen atoms in total. The largest absolute Gasteiger partial charge is 0.390 e. The molecular weight excluding hydrogens is 236 g/mol. The minimum absolute atomic E-state index is 0.451. The van der Waals surface area contributed by atoms with Crippen molar-refractivity contribution in [2.24, 2.45) is 0 Å². The lowest BCUT2D eigenvalue weighted by Gasteiger charge is -2.38. The van der Waals surface area contributed by atoms with E-state index >= 15 is 0 Å². The molecule has 0 amide bonds. The zero-order valence-corrected chi connectivity index (χ0v) is 12.4. The maximum atomic E-state index is 10.2. The molecular formula is C16H26N2O. The number of rotatable bonds is 4. The van der Waals surface area contributed by atoms with Gasteiger partial charge in [0.2, 0.25) is 0 Å². The van der Waals surface area contributed by atoms with Crippen molar-refractivity contribution in [1.82, 2.24) is 4.98 Å². The smallest absolute Gasteiger partial charge is 0.128 e. The van der Waals surface area contributed by atoms with Crippen molar-refractivity contribution in [2.75, 3.05) is 18.0 Å². The number of piperidine rings is 1. The molecule has 2 rings (SSSR count).